The average Bonchev–Trinajstić information content (AvgIpc) is 2.95. The molecule has 2 aromatic heterocycles. The van der Waals surface area contributed by atoms with Crippen LogP contribution in [-0.4, -0.2) is 11.5 Å². The fraction of sp³-hybridized carbons (Fsp3) is 0.417. The zero-order chi connectivity index (χ0) is 12.1. The van der Waals surface area contributed by atoms with Crippen molar-refractivity contribution < 1.29 is 4.42 Å². The summed E-state index contributed by atoms with van der Waals surface area (Å²) in [6.07, 6.45) is 3.87. The Hall–Kier alpha value is -0.840. The number of rotatable bonds is 6. The second-order valence-electron chi connectivity index (χ2n) is 3.82. The normalized spacial score (nSPS) is 12.8. The highest BCUT2D eigenvalue weighted by atomic mass is 35.5. The van der Waals surface area contributed by atoms with Crippen molar-refractivity contribution in [3.63, 3.8) is 0 Å². The van der Waals surface area contributed by atoms with Gasteiger partial charge in [-0.3, -0.25) is 4.98 Å². The predicted molar refractivity (Wildman–Crippen MR) is 70.6 cm³/mol. The number of halogens is 1. The molecular weight excluding hydrogens is 256 g/mol. The van der Waals surface area contributed by atoms with E-state index >= 15 is 0 Å². The van der Waals surface area contributed by atoms with Gasteiger partial charge in [-0.2, -0.15) is 0 Å². The van der Waals surface area contributed by atoms with Gasteiger partial charge in [-0.25, -0.2) is 0 Å². The summed E-state index contributed by atoms with van der Waals surface area (Å²) >= 11 is 7.48. The molecule has 0 aliphatic heterocycles. The number of furan rings is 1. The van der Waals surface area contributed by atoms with Crippen molar-refractivity contribution in [3.05, 3.63) is 39.7 Å². The number of thiazole rings is 1. The van der Waals surface area contributed by atoms with E-state index in [1.54, 1.807) is 17.4 Å². The topological polar surface area (TPSA) is 38.1 Å². The molecule has 0 aromatic carbocycles. The SMILES string of the molecule is CCCNC(Cc1cncs1)c1ccc(Cl)o1. The molecule has 92 valence electrons. The van der Waals surface area contributed by atoms with E-state index in [1.807, 2.05) is 17.8 Å². The van der Waals surface area contributed by atoms with Crippen LogP contribution in [0.5, 0.6) is 0 Å². The molecule has 0 spiro atoms. The summed E-state index contributed by atoms with van der Waals surface area (Å²) in [7, 11) is 0. The summed E-state index contributed by atoms with van der Waals surface area (Å²) < 4.78 is 5.48. The van der Waals surface area contributed by atoms with Crippen molar-refractivity contribution in [2.24, 2.45) is 0 Å². The van der Waals surface area contributed by atoms with Crippen molar-refractivity contribution in [1.82, 2.24) is 10.3 Å². The Morgan fingerprint density at radius 3 is 3.00 bits per heavy atom. The van der Waals surface area contributed by atoms with E-state index in [2.05, 4.69) is 17.2 Å². The first kappa shape index (κ1) is 12.6. The van der Waals surface area contributed by atoms with Gasteiger partial charge in [-0.15, -0.1) is 11.3 Å². The van der Waals surface area contributed by atoms with Crippen LogP contribution in [0.25, 0.3) is 0 Å². The van der Waals surface area contributed by atoms with Crippen LogP contribution in [0.4, 0.5) is 0 Å². The maximum Gasteiger partial charge on any atom is 0.193 e. The molecule has 0 aliphatic carbocycles. The lowest BCUT2D eigenvalue weighted by atomic mass is 10.1. The third-order valence-corrected chi connectivity index (χ3v) is 3.47. The Kier molecular flexibility index (Phi) is 4.59. The first-order chi connectivity index (χ1) is 8.29. The number of nitrogens with one attached hydrogen (secondary N) is 1. The highest BCUT2D eigenvalue weighted by Crippen LogP contribution is 2.24. The first-order valence-electron chi connectivity index (χ1n) is 5.65. The molecule has 0 saturated heterocycles. The average molecular weight is 271 g/mol. The summed E-state index contributed by atoms with van der Waals surface area (Å²) in [6.45, 7) is 3.10. The largest absolute Gasteiger partial charge is 0.448 e. The van der Waals surface area contributed by atoms with Crippen LogP contribution < -0.4 is 5.32 Å². The van der Waals surface area contributed by atoms with E-state index in [0.717, 1.165) is 25.1 Å². The quantitative estimate of drug-likeness (QED) is 0.870. The molecule has 5 heteroatoms. The molecule has 1 unspecified atom stereocenters. The van der Waals surface area contributed by atoms with E-state index in [-0.39, 0.29) is 6.04 Å². The minimum Gasteiger partial charge on any atom is -0.448 e. The maximum absolute atomic E-state index is 5.82. The van der Waals surface area contributed by atoms with Crippen molar-refractivity contribution in [1.29, 1.82) is 0 Å². The standard InChI is InChI=1S/C12H15ClN2OS/c1-2-5-15-10(6-9-7-14-8-17-9)11-3-4-12(13)16-11/h3-4,7-8,10,15H,2,5-6H2,1H3. The van der Waals surface area contributed by atoms with Gasteiger partial charge >= 0.3 is 0 Å². The Balaban J connectivity index is 2.07. The molecule has 0 saturated carbocycles. The number of aromatic nitrogens is 1. The van der Waals surface area contributed by atoms with Crippen molar-refractivity contribution >= 4 is 22.9 Å². The van der Waals surface area contributed by atoms with E-state index in [0.29, 0.717) is 5.22 Å². The molecule has 1 N–H and O–H groups in total. The molecule has 1 atom stereocenters. The van der Waals surface area contributed by atoms with Crippen LogP contribution in [0, 0.1) is 0 Å². The van der Waals surface area contributed by atoms with Gasteiger partial charge in [-0.1, -0.05) is 6.92 Å². The summed E-state index contributed by atoms with van der Waals surface area (Å²) in [5.74, 6) is 0.886. The van der Waals surface area contributed by atoms with Gasteiger partial charge in [0.25, 0.3) is 0 Å². The summed E-state index contributed by atoms with van der Waals surface area (Å²) in [4.78, 5) is 5.33. The lowest BCUT2D eigenvalue weighted by molar-refractivity contribution is 0.412. The Morgan fingerprint density at radius 2 is 2.41 bits per heavy atom. The molecule has 2 rings (SSSR count). The van der Waals surface area contributed by atoms with Gasteiger partial charge in [0.1, 0.15) is 5.76 Å². The molecule has 2 heterocycles. The Morgan fingerprint density at radius 1 is 1.53 bits per heavy atom. The molecule has 0 fully saturated rings. The van der Waals surface area contributed by atoms with Crippen LogP contribution >= 0.6 is 22.9 Å². The lowest BCUT2D eigenvalue weighted by Crippen LogP contribution is -2.23. The number of hydrogen-bond acceptors (Lipinski definition) is 4. The van der Waals surface area contributed by atoms with Crippen molar-refractivity contribution in [2.45, 2.75) is 25.8 Å². The fourth-order valence-corrected chi connectivity index (χ4v) is 2.45. The van der Waals surface area contributed by atoms with Crippen molar-refractivity contribution in [2.75, 3.05) is 6.54 Å². The minimum atomic E-state index is 0.169. The molecule has 17 heavy (non-hydrogen) atoms. The third-order valence-electron chi connectivity index (χ3n) is 2.47. The zero-order valence-corrected chi connectivity index (χ0v) is 11.2. The van der Waals surface area contributed by atoms with Gasteiger partial charge in [0.2, 0.25) is 0 Å². The second kappa shape index (κ2) is 6.19. The monoisotopic (exact) mass is 270 g/mol. The van der Waals surface area contributed by atoms with Gasteiger partial charge in [-0.05, 0) is 36.7 Å². The minimum absolute atomic E-state index is 0.169. The first-order valence-corrected chi connectivity index (χ1v) is 6.91. The van der Waals surface area contributed by atoms with Crippen LogP contribution in [-0.2, 0) is 6.42 Å². The molecular formula is C12H15ClN2OS. The number of hydrogen-bond donors (Lipinski definition) is 1. The molecule has 0 bridgehead atoms. The fourth-order valence-electron chi connectivity index (χ4n) is 1.65. The smallest absolute Gasteiger partial charge is 0.193 e. The van der Waals surface area contributed by atoms with Crippen LogP contribution in [0.15, 0.2) is 28.3 Å². The van der Waals surface area contributed by atoms with E-state index < -0.39 is 0 Å². The van der Waals surface area contributed by atoms with E-state index in [1.165, 1.54) is 4.88 Å². The summed E-state index contributed by atoms with van der Waals surface area (Å²) in [5, 5.41) is 3.90. The molecule has 2 aromatic rings. The van der Waals surface area contributed by atoms with Crippen LogP contribution in [0.2, 0.25) is 5.22 Å². The van der Waals surface area contributed by atoms with Crippen molar-refractivity contribution in [3.8, 4) is 0 Å². The maximum atomic E-state index is 5.82. The van der Waals surface area contributed by atoms with E-state index in [9.17, 15) is 0 Å². The summed E-state index contributed by atoms with van der Waals surface area (Å²) in [6, 6.07) is 3.88. The molecule has 0 radical (unpaired) electrons. The molecule has 0 aliphatic rings. The second-order valence-corrected chi connectivity index (χ2v) is 5.16. The van der Waals surface area contributed by atoms with E-state index in [4.69, 9.17) is 16.0 Å². The Bertz CT molecular complexity index is 441. The zero-order valence-electron chi connectivity index (χ0n) is 9.65. The lowest BCUT2D eigenvalue weighted by Gasteiger charge is -2.14. The van der Waals surface area contributed by atoms with Gasteiger partial charge in [0, 0.05) is 17.5 Å². The van der Waals surface area contributed by atoms with Crippen LogP contribution in [0.3, 0.4) is 0 Å². The molecule has 0 amide bonds. The number of nitrogens with zero attached hydrogens (tertiary/aromatic N) is 1. The van der Waals surface area contributed by atoms with Gasteiger partial charge in [0.05, 0.1) is 11.6 Å². The highest BCUT2D eigenvalue weighted by molar-refractivity contribution is 7.09. The molecule has 3 nitrogen and oxygen atoms in total. The third kappa shape index (κ3) is 3.56. The predicted octanol–water partition coefficient (Wildman–Crippen LogP) is 3.67. The van der Waals surface area contributed by atoms with Crippen LogP contribution in [0.1, 0.15) is 30.0 Å². The Labute approximate surface area is 110 Å². The van der Waals surface area contributed by atoms with Gasteiger partial charge < -0.3 is 9.73 Å². The highest BCUT2D eigenvalue weighted by Gasteiger charge is 2.16. The van der Waals surface area contributed by atoms with Gasteiger partial charge in [0.15, 0.2) is 5.22 Å². The summed E-state index contributed by atoms with van der Waals surface area (Å²) in [5.41, 5.74) is 1.85.